The first-order valence-electron chi connectivity index (χ1n) is 6.35. The third-order valence-corrected chi connectivity index (χ3v) is 3.16. The van der Waals surface area contributed by atoms with Crippen molar-refractivity contribution < 1.29 is 13.2 Å². The maximum atomic E-state index is 12.5. The van der Waals surface area contributed by atoms with Crippen molar-refractivity contribution in [2.45, 2.75) is 51.9 Å². The van der Waals surface area contributed by atoms with E-state index in [4.69, 9.17) is 0 Å². The lowest BCUT2D eigenvalue weighted by molar-refractivity contribution is -0.0963. The van der Waals surface area contributed by atoms with Crippen LogP contribution in [0.4, 0.5) is 13.2 Å². The molecule has 0 fully saturated rings. The number of hydrogen-bond donors (Lipinski definition) is 1. The van der Waals surface area contributed by atoms with Crippen molar-refractivity contribution in [3.8, 4) is 0 Å². The van der Waals surface area contributed by atoms with Gasteiger partial charge in [-0.15, -0.1) is 0 Å². The first-order valence-corrected chi connectivity index (χ1v) is 6.35. The molecule has 0 saturated heterocycles. The number of halogens is 3. The zero-order valence-corrected chi connectivity index (χ0v) is 11.6. The first-order chi connectivity index (χ1) is 8.09. The van der Waals surface area contributed by atoms with Gasteiger partial charge in [0.2, 0.25) is 0 Å². The summed E-state index contributed by atoms with van der Waals surface area (Å²) in [5.74, 6) is 0. The van der Waals surface area contributed by atoms with Crippen LogP contribution in [0.25, 0.3) is 0 Å². The van der Waals surface area contributed by atoms with Crippen LogP contribution in [0.2, 0.25) is 0 Å². The maximum Gasteiger partial charge on any atom is 0.412 e. The average Bonchev–Trinajstić information content (AvgIpc) is 2.24. The van der Waals surface area contributed by atoms with Gasteiger partial charge in [-0.25, -0.2) is 0 Å². The molecule has 5 heteroatoms. The quantitative estimate of drug-likeness (QED) is 0.788. The fraction of sp³-hybridized carbons (Fsp3) is 0.846. The van der Waals surface area contributed by atoms with Gasteiger partial charge in [0.05, 0.1) is 0 Å². The second-order valence-corrected chi connectivity index (χ2v) is 5.95. The molecule has 0 aliphatic carbocycles. The summed E-state index contributed by atoms with van der Waals surface area (Å²) in [4.78, 5) is 2.08. The van der Waals surface area contributed by atoms with E-state index in [1.165, 1.54) is 6.08 Å². The van der Waals surface area contributed by atoms with Gasteiger partial charge in [-0.2, -0.15) is 13.2 Å². The fourth-order valence-corrected chi connectivity index (χ4v) is 1.93. The van der Waals surface area contributed by atoms with Crippen LogP contribution in [-0.4, -0.2) is 42.3 Å². The van der Waals surface area contributed by atoms with Crippen molar-refractivity contribution in [1.82, 2.24) is 10.2 Å². The lowest BCUT2D eigenvalue weighted by Gasteiger charge is -2.34. The highest BCUT2D eigenvalue weighted by atomic mass is 19.4. The topological polar surface area (TPSA) is 15.3 Å². The van der Waals surface area contributed by atoms with Gasteiger partial charge >= 0.3 is 6.18 Å². The van der Waals surface area contributed by atoms with Crippen molar-refractivity contribution in [2.75, 3.05) is 19.6 Å². The van der Waals surface area contributed by atoms with Crippen LogP contribution in [0.1, 0.15) is 34.1 Å². The minimum Gasteiger partial charge on any atom is -0.311 e. The normalized spacial score (nSPS) is 20.7. The molecule has 2 nitrogen and oxygen atoms in total. The summed E-state index contributed by atoms with van der Waals surface area (Å²) >= 11 is 0. The van der Waals surface area contributed by atoms with Gasteiger partial charge in [-0.1, -0.05) is 6.08 Å². The van der Waals surface area contributed by atoms with Crippen LogP contribution in [0.3, 0.4) is 0 Å². The van der Waals surface area contributed by atoms with E-state index in [-0.39, 0.29) is 23.6 Å². The highest BCUT2D eigenvalue weighted by Gasteiger charge is 2.35. The summed E-state index contributed by atoms with van der Waals surface area (Å²) in [5, 5.41) is 3.38. The molecular weight excluding hydrogens is 241 g/mol. The Morgan fingerprint density at radius 2 is 1.94 bits per heavy atom. The summed E-state index contributed by atoms with van der Waals surface area (Å²) in [7, 11) is 0. The molecule has 0 spiro atoms. The smallest absolute Gasteiger partial charge is 0.311 e. The highest BCUT2D eigenvalue weighted by Crippen LogP contribution is 2.30. The van der Waals surface area contributed by atoms with Gasteiger partial charge in [-0.3, -0.25) is 4.90 Å². The highest BCUT2D eigenvalue weighted by molar-refractivity contribution is 5.13. The van der Waals surface area contributed by atoms with E-state index in [1.807, 2.05) is 6.92 Å². The average molecular weight is 264 g/mol. The van der Waals surface area contributed by atoms with Gasteiger partial charge < -0.3 is 5.32 Å². The van der Waals surface area contributed by atoms with Gasteiger partial charge in [0.25, 0.3) is 0 Å². The molecule has 1 N–H and O–H groups in total. The summed E-state index contributed by atoms with van der Waals surface area (Å²) in [6.45, 7) is 9.96. The predicted molar refractivity (Wildman–Crippen MR) is 67.5 cm³/mol. The SMILES string of the molecule is CC(CNC(C)(C)C)N1CC=C(C(F)(F)F)CC1. The second kappa shape index (κ2) is 5.61. The lowest BCUT2D eigenvalue weighted by atomic mass is 10.1. The standard InChI is InChI=1S/C13H23F3N2/c1-10(9-17-12(2,3)4)18-7-5-11(6-8-18)13(14,15)16/h5,10,17H,6-9H2,1-4H3. The molecule has 0 bridgehead atoms. The zero-order valence-electron chi connectivity index (χ0n) is 11.6. The fourth-order valence-electron chi connectivity index (χ4n) is 1.93. The number of nitrogens with zero attached hydrogens (tertiary/aromatic N) is 1. The minimum atomic E-state index is -4.15. The molecule has 1 unspecified atom stereocenters. The van der Waals surface area contributed by atoms with E-state index in [9.17, 15) is 13.2 Å². The monoisotopic (exact) mass is 264 g/mol. The zero-order chi connectivity index (χ0) is 14.0. The summed E-state index contributed by atoms with van der Waals surface area (Å²) in [5.41, 5.74) is -0.341. The third kappa shape index (κ3) is 4.98. The molecule has 1 atom stereocenters. The molecule has 1 aliphatic rings. The minimum absolute atomic E-state index is 0.0387. The molecule has 1 rings (SSSR count). The van der Waals surface area contributed by atoms with E-state index < -0.39 is 6.18 Å². The molecule has 106 valence electrons. The van der Waals surface area contributed by atoms with Gasteiger partial charge in [0, 0.05) is 36.8 Å². The van der Waals surface area contributed by atoms with Gasteiger partial charge in [0.1, 0.15) is 0 Å². The van der Waals surface area contributed by atoms with E-state index in [0.717, 1.165) is 6.54 Å². The Hall–Kier alpha value is -0.550. The Morgan fingerprint density at radius 1 is 1.33 bits per heavy atom. The molecule has 0 amide bonds. The van der Waals surface area contributed by atoms with Gasteiger partial charge in [-0.05, 0) is 34.1 Å². The molecule has 0 saturated carbocycles. The molecule has 1 aliphatic heterocycles. The third-order valence-electron chi connectivity index (χ3n) is 3.16. The number of rotatable bonds is 3. The first kappa shape index (κ1) is 15.5. The Labute approximate surface area is 107 Å². The van der Waals surface area contributed by atoms with Crippen LogP contribution in [-0.2, 0) is 0 Å². The number of nitrogens with one attached hydrogen (secondary N) is 1. The molecule has 0 aromatic rings. The molecule has 0 aromatic carbocycles. The van der Waals surface area contributed by atoms with Gasteiger partial charge in [0.15, 0.2) is 0 Å². The Bertz CT molecular complexity index is 302. The summed E-state index contributed by atoms with van der Waals surface area (Å²) in [6.07, 6.45) is -2.74. The summed E-state index contributed by atoms with van der Waals surface area (Å²) < 4.78 is 37.4. The van der Waals surface area contributed by atoms with Crippen LogP contribution < -0.4 is 5.32 Å². The van der Waals surface area contributed by atoms with Crippen LogP contribution in [0.15, 0.2) is 11.6 Å². The lowest BCUT2D eigenvalue weighted by Crippen LogP contribution is -2.47. The summed E-state index contributed by atoms with van der Waals surface area (Å²) in [6, 6.07) is 0.246. The van der Waals surface area contributed by atoms with Crippen molar-refractivity contribution in [3.63, 3.8) is 0 Å². The second-order valence-electron chi connectivity index (χ2n) is 5.95. The van der Waals surface area contributed by atoms with E-state index >= 15 is 0 Å². The largest absolute Gasteiger partial charge is 0.412 e. The van der Waals surface area contributed by atoms with Crippen LogP contribution in [0, 0.1) is 0 Å². The molecule has 0 aromatic heterocycles. The van der Waals surface area contributed by atoms with Crippen LogP contribution >= 0.6 is 0 Å². The number of hydrogen-bond acceptors (Lipinski definition) is 2. The maximum absolute atomic E-state index is 12.5. The Kier molecular flexibility index (Phi) is 4.84. The number of alkyl halides is 3. The van der Waals surface area contributed by atoms with Crippen molar-refractivity contribution >= 4 is 0 Å². The van der Waals surface area contributed by atoms with Crippen molar-refractivity contribution in [3.05, 3.63) is 11.6 Å². The van der Waals surface area contributed by atoms with Crippen molar-refractivity contribution in [2.24, 2.45) is 0 Å². The molecule has 0 radical (unpaired) electrons. The predicted octanol–water partition coefficient (Wildman–Crippen LogP) is 2.96. The van der Waals surface area contributed by atoms with E-state index in [2.05, 4.69) is 31.0 Å². The van der Waals surface area contributed by atoms with E-state index in [0.29, 0.717) is 13.1 Å². The molecular formula is C13H23F3N2. The Balaban J connectivity index is 2.45. The molecule has 1 heterocycles. The van der Waals surface area contributed by atoms with Crippen molar-refractivity contribution in [1.29, 1.82) is 0 Å². The Morgan fingerprint density at radius 3 is 2.33 bits per heavy atom. The van der Waals surface area contributed by atoms with Crippen LogP contribution in [0.5, 0.6) is 0 Å². The van der Waals surface area contributed by atoms with E-state index in [1.54, 1.807) is 0 Å². The molecule has 18 heavy (non-hydrogen) atoms.